The maximum absolute atomic E-state index is 13.3. The summed E-state index contributed by atoms with van der Waals surface area (Å²) in [7, 11) is 3.19. The van der Waals surface area contributed by atoms with Gasteiger partial charge in [0.25, 0.3) is 5.91 Å². The summed E-state index contributed by atoms with van der Waals surface area (Å²) in [5.41, 5.74) is 5.50. The van der Waals surface area contributed by atoms with E-state index in [0.29, 0.717) is 41.4 Å². The first-order valence-corrected chi connectivity index (χ1v) is 14.2. The van der Waals surface area contributed by atoms with Gasteiger partial charge in [0.2, 0.25) is 0 Å². The molecule has 2 heterocycles. The Kier molecular flexibility index (Phi) is 8.81. The molecule has 3 aromatic carbocycles. The van der Waals surface area contributed by atoms with Crippen LogP contribution in [0.5, 0.6) is 11.5 Å². The van der Waals surface area contributed by atoms with E-state index in [9.17, 15) is 9.59 Å². The number of aryl methyl sites for hydroxylation is 3. The molecule has 1 aliphatic heterocycles. The highest BCUT2D eigenvalue weighted by Gasteiger charge is 2.23. The van der Waals surface area contributed by atoms with E-state index in [2.05, 4.69) is 46.3 Å². The molecular formula is C34H37N3O5. The van der Waals surface area contributed by atoms with Gasteiger partial charge in [-0.05, 0) is 79.9 Å². The van der Waals surface area contributed by atoms with Crippen LogP contribution in [0.4, 0.5) is 17.1 Å². The van der Waals surface area contributed by atoms with Gasteiger partial charge in [0.05, 0.1) is 25.6 Å². The molecule has 1 saturated heterocycles. The summed E-state index contributed by atoms with van der Waals surface area (Å²) in [5.74, 6) is 1.81. The molecule has 0 spiro atoms. The Bertz CT molecular complexity index is 1570. The highest BCUT2D eigenvalue weighted by molar-refractivity contribution is 6.06. The van der Waals surface area contributed by atoms with Gasteiger partial charge in [-0.15, -0.1) is 0 Å². The number of carbonyl (C=O) groups is 2. The van der Waals surface area contributed by atoms with Crippen molar-refractivity contribution in [2.75, 3.05) is 55.5 Å². The molecule has 4 aromatic rings. The van der Waals surface area contributed by atoms with E-state index < -0.39 is 0 Å². The molecule has 1 fully saturated rings. The monoisotopic (exact) mass is 567 g/mol. The molecule has 0 bridgehead atoms. The third-order valence-electron chi connectivity index (χ3n) is 7.70. The Labute approximate surface area is 246 Å². The number of ether oxygens (including phenoxy) is 2. The van der Waals surface area contributed by atoms with Gasteiger partial charge in [0.15, 0.2) is 23.0 Å². The number of nitrogens with one attached hydrogen (secondary N) is 1. The van der Waals surface area contributed by atoms with E-state index >= 15 is 0 Å². The number of benzene rings is 3. The first-order valence-electron chi connectivity index (χ1n) is 14.2. The summed E-state index contributed by atoms with van der Waals surface area (Å²) >= 11 is 0. The van der Waals surface area contributed by atoms with E-state index in [1.54, 1.807) is 39.3 Å². The number of rotatable bonds is 10. The average molecular weight is 568 g/mol. The van der Waals surface area contributed by atoms with Gasteiger partial charge in [0, 0.05) is 43.9 Å². The lowest BCUT2D eigenvalue weighted by molar-refractivity contribution is 0.0977. The molecule has 42 heavy (non-hydrogen) atoms. The van der Waals surface area contributed by atoms with Crippen molar-refractivity contribution in [3.8, 4) is 11.5 Å². The number of hydrogen-bond donors (Lipinski definition) is 1. The van der Waals surface area contributed by atoms with E-state index in [0.717, 1.165) is 37.4 Å². The molecule has 0 aliphatic carbocycles. The van der Waals surface area contributed by atoms with E-state index in [4.69, 9.17) is 13.9 Å². The standard InChI is InChI=1S/C34H37N3O5/c1-23-7-5-6-8-28(23)36-17-19-37(20-18-36)29-13-12-26(22-27(29)35-34(39)32-15-9-24(2)42-32)30(38)14-10-25-11-16-31(40-3)33(21-25)41-4/h5-9,11-13,15-16,21-22H,10,14,17-20H2,1-4H3,(H,35,39). The molecule has 0 saturated carbocycles. The number of anilines is 3. The molecule has 8 heteroatoms. The lowest BCUT2D eigenvalue weighted by atomic mass is 10.0. The van der Waals surface area contributed by atoms with Crippen LogP contribution in [-0.4, -0.2) is 52.1 Å². The molecule has 5 rings (SSSR count). The number of carbonyl (C=O) groups excluding carboxylic acids is 2. The highest BCUT2D eigenvalue weighted by Crippen LogP contribution is 2.32. The van der Waals surface area contributed by atoms with Gasteiger partial charge in [-0.25, -0.2) is 0 Å². The van der Waals surface area contributed by atoms with Crippen LogP contribution in [0.2, 0.25) is 0 Å². The lowest BCUT2D eigenvalue weighted by Crippen LogP contribution is -2.47. The fourth-order valence-electron chi connectivity index (χ4n) is 5.37. The third-order valence-corrected chi connectivity index (χ3v) is 7.70. The van der Waals surface area contributed by atoms with Gasteiger partial charge >= 0.3 is 0 Å². The largest absolute Gasteiger partial charge is 0.493 e. The van der Waals surface area contributed by atoms with Crippen molar-refractivity contribution in [2.45, 2.75) is 26.7 Å². The van der Waals surface area contributed by atoms with Crippen LogP contribution in [0, 0.1) is 13.8 Å². The van der Waals surface area contributed by atoms with Gasteiger partial charge in [-0.3, -0.25) is 9.59 Å². The summed E-state index contributed by atoms with van der Waals surface area (Å²) in [4.78, 5) is 31.1. The smallest absolute Gasteiger partial charge is 0.291 e. The second kappa shape index (κ2) is 12.9. The summed E-state index contributed by atoms with van der Waals surface area (Å²) < 4.78 is 16.3. The van der Waals surface area contributed by atoms with Crippen molar-refractivity contribution in [3.63, 3.8) is 0 Å². The van der Waals surface area contributed by atoms with Crippen LogP contribution in [0.1, 0.15) is 44.2 Å². The van der Waals surface area contributed by atoms with Gasteiger partial charge in [-0.2, -0.15) is 0 Å². The zero-order chi connectivity index (χ0) is 29.6. The Morgan fingerprint density at radius 1 is 0.810 bits per heavy atom. The van der Waals surface area contributed by atoms with Crippen LogP contribution in [0.3, 0.4) is 0 Å². The Morgan fingerprint density at radius 2 is 1.52 bits per heavy atom. The fraction of sp³-hybridized carbons (Fsp3) is 0.294. The van der Waals surface area contributed by atoms with Crippen LogP contribution < -0.4 is 24.6 Å². The first kappa shape index (κ1) is 28.8. The number of hydrogen-bond acceptors (Lipinski definition) is 7. The fourth-order valence-corrected chi connectivity index (χ4v) is 5.37. The minimum absolute atomic E-state index is 0.00921. The number of furan rings is 1. The first-order chi connectivity index (χ1) is 20.4. The molecular weight excluding hydrogens is 530 g/mol. The van der Waals surface area contributed by atoms with Gasteiger partial charge in [-0.1, -0.05) is 24.3 Å². The van der Waals surface area contributed by atoms with Crippen LogP contribution in [0.15, 0.2) is 77.2 Å². The highest BCUT2D eigenvalue weighted by atomic mass is 16.5. The maximum Gasteiger partial charge on any atom is 0.291 e. The molecule has 1 aromatic heterocycles. The van der Waals surface area contributed by atoms with Crippen LogP contribution in [0.25, 0.3) is 0 Å². The molecule has 0 unspecified atom stereocenters. The van der Waals surface area contributed by atoms with Crippen molar-refractivity contribution in [1.29, 1.82) is 0 Å². The number of methoxy groups -OCH3 is 2. The SMILES string of the molecule is COc1ccc(CCC(=O)c2ccc(N3CCN(c4ccccc4C)CC3)c(NC(=O)c3ccc(C)o3)c2)cc1OC. The van der Waals surface area contributed by atoms with Crippen LogP contribution >= 0.6 is 0 Å². The summed E-state index contributed by atoms with van der Waals surface area (Å²) in [6.45, 7) is 7.19. The molecule has 8 nitrogen and oxygen atoms in total. The van der Waals surface area contributed by atoms with Crippen molar-refractivity contribution in [2.24, 2.45) is 0 Å². The molecule has 1 aliphatic rings. The number of Topliss-reactive ketones (excluding diaryl/α,β-unsaturated/α-hetero) is 1. The van der Waals surface area contributed by atoms with E-state index in [1.807, 2.05) is 30.3 Å². The Balaban J connectivity index is 1.34. The minimum atomic E-state index is -0.349. The topological polar surface area (TPSA) is 84.3 Å². The molecule has 1 amide bonds. The number of amides is 1. The van der Waals surface area contributed by atoms with Crippen molar-refractivity contribution in [3.05, 3.63) is 101 Å². The molecule has 0 radical (unpaired) electrons. The summed E-state index contributed by atoms with van der Waals surface area (Å²) in [6.07, 6.45) is 0.865. The number of nitrogens with zero attached hydrogens (tertiary/aromatic N) is 2. The molecule has 1 N–H and O–H groups in total. The van der Waals surface area contributed by atoms with E-state index in [1.165, 1.54) is 11.3 Å². The number of para-hydroxylation sites is 1. The van der Waals surface area contributed by atoms with E-state index in [-0.39, 0.29) is 17.5 Å². The predicted molar refractivity (Wildman–Crippen MR) is 166 cm³/mol. The van der Waals surface area contributed by atoms with Gasteiger partial charge < -0.3 is 29.0 Å². The quantitative estimate of drug-likeness (QED) is 0.225. The zero-order valence-electron chi connectivity index (χ0n) is 24.6. The van der Waals surface area contributed by atoms with Crippen LogP contribution in [-0.2, 0) is 6.42 Å². The lowest BCUT2D eigenvalue weighted by Gasteiger charge is -2.38. The Morgan fingerprint density at radius 3 is 2.19 bits per heavy atom. The normalized spacial score (nSPS) is 13.1. The third kappa shape index (κ3) is 6.43. The number of piperazine rings is 1. The second-order valence-corrected chi connectivity index (χ2v) is 10.5. The van der Waals surface area contributed by atoms with Crippen molar-refractivity contribution >= 4 is 28.8 Å². The summed E-state index contributed by atoms with van der Waals surface area (Å²) in [6, 6.07) is 23.1. The second-order valence-electron chi connectivity index (χ2n) is 10.5. The Hall–Kier alpha value is -4.72. The predicted octanol–water partition coefficient (Wildman–Crippen LogP) is 6.31. The van der Waals surface area contributed by atoms with Crippen molar-refractivity contribution in [1.82, 2.24) is 0 Å². The maximum atomic E-state index is 13.3. The zero-order valence-corrected chi connectivity index (χ0v) is 24.6. The van der Waals surface area contributed by atoms with Gasteiger partial charge in [0.1, 0.15) is 5.76 Å². The average Bonchev–Trinajstić information content (AvgIpc) is 3.46. The molecule has 218 valence electrons. The minimum Gasteiger partial charge on any atom is -0.493 e. The summed E-state index contributed by atoms with van der Waals surface area (Å²) in [5, 5.41) is 3.02. The number of ketones is 1. The molecule has 0 atom stereocenters. The van der Waals surface area contributed by atoms with Crippen molar-refractivity contribution < 1.29 is 23.5 Å².